The third kappa shape index (κ3) is 4.42. The number of likely N-dealkylation sites (tertiary alicyclic amines) is 1. The number of aromatic nitrogens is 3. The van der Waals surface area contributed by atoms with E-state index in [9.17, 15) is 9.50 Å². The summed E-state index contributed by atoms with van der Waals surface area (Å²) >= 11 is 24.2. The Balaban J connectivity index is 1.84. The Hall–Kier alpha value is -1.48. The van der Waals surface area contributed by atoms with Gasteiger partial charge in [0, 0.05) is 23.7 Å². The zero-order valence-corrected chi connectivity index (χ0v) is 18.8. The lowest BCUT2D eigenvalue weighted by molar-refractivity contribution is 0.0513. The van der Waals surface area contributed by atoms with Crippen LogP contribution in [0, 0.1) is 10.6 Å². The molecule has 2 heterocycles. The number of aliphatic hydroxyl groups is 1. The summed E-state index contributed by atoms with van der Waals surface area (Å²) in [6, 6.07) is 9.47. The Labute approximate surface area is 193 Å². The van der Waals surface area contributed by atoms with E-state index in [0.717, 1.165) is 19.4 Å². The highest BCUT2D eigenvalue weighted by molar-refractivity contribution is 7.71. The van der Waals surface area contributed by atoms with E-state index < -0.39 is 5.82 Å². The Morgan fingerprint density at radius 2 is 1.93 bits per heavy atom. The first-order chi connectivity index (χ1) is 14.3. The lowest BCUT2D eigenvalue weighted by atomic mass is 10.1. The second kappa shape index (κ2) is 8.94. The summed E-state index contributed by atoms with van der Waals surface area (Å²) in [5, 5.41) is 15.6. The molecule has 1 N–H and O–H groups in total. The van der Waals surface area contributed by atoms with Crippen molar-refractivity contribution in [1.29, 1.82) is 0 Å². The largest absolute Gasteiger partial charge is 0.392 e. The molecule has 0 saturated carbocycles. The van der Waals surface area contributed by atoms with Crippen LogP contribution in [0.3, 0.4) is 0 Å². The van der Waals surface area contributed by atoms with Crippen LogP contribution in [0.4, 0.5) is 4.39 Å². The topological polar surface area (TPSA) is 46.2 Å². The Morgan fingerprint density at radius 1 is 1.13 bits per heavy atom. The number of piperidine rings is 1. The van der Waals surface area contributed by atoms with Crippen LogP contribution in [0.25, 0.3) is 17.1 Å². The van der Waals surface area contributed by atoms with Gasteiger partial charge >= 0.3 is 0 Å². The van der Waals surface area contributed by atoms with Gasteiger partial charge in [0.05, 0.1) is 28.5 Å². The second-order valence-electron chi connectivity index (χ2n) is 7.18. The number of β-amino-alcohol motifs (C(OH)–C–C–N with tert-alkyl or cyclic N) is 1. The fraction of sp³-hybridized carbons (Fsp3) is 0.300. The summed E-state index contributed by atoms with van der Waals surface area (Å²) in [5.41, 5.74) is 1.20. The van der Waals surface area contributed by atoms with Crippen molar-refractivity contribution in [2.24, 2.45) is 0 Å². The van der Waals surface area contributed by atoms with Crippen molar-refractivity contribution in [3.05, 3.63) is 62.1 Å². The summed E-state index contributed by atoms with van der Waals surface area (Å²) in [6.07, 6.45) is 1.32. The van der Waals surface area contributed by atoms with Crippen molar-refractivity contribution in [2.45, 2.75) is 25.6 Å². The number of aliphatic hydroxyl groups excluding tert-OH is 1. The van der Waals surface area contributed by atoms with Crippen molar-refractivity contribution in [3.63, 3.8) is 0 Å². The predicted octanol–water partition coefficient (Wildman–Crippen LogP) is 5.58. The van der Waals surface area contributed by atoms with E-state index >= 15 is 0 Å². The van der Waals surface area contributed by atoms with Crippen molar-refractivity contribution < 1.29 is 9.50 Å². The number of hydrogen-bond acceptors (Lipinski definition) is 4. The quantitative estimate of drug-likeness (QED) is 0.488. The van der Waals surface area contributed by atoms with Gasteiger partial charge in [-0.25, -0.2) is 9.07 Å². The normalized spacial score (nSPS) is 17.4. The van der Waals surface area contributed by atoms with E-state index in [1.807, 2.05) is 0 Å². The van der Waals surface area contributed by atoms with Crippen LogP contribution < -0.4 is 0 Å². The van der Waals surface area contributed by atoms with Crippen LogP contribution in [0.15, 0.2) is 36.4 Å². The van der Waals surface area contributed by atoms with E-state index in [2.05, 4.69) is 4.90 Å². The maximum Gasteiger partial charge on any atom is 0.204 e. The van der Waals surface area contributed by atoms with Gasteiger partial charge in [0.1, 0.15) is 5.82 Å². The zero-order chi connectivity index (χ0) is 21.4. The Morgan fingerprint density at radius 3 is 2.63 bits per heavy atom. The lowest BCUT2D eigenvalue weighted by Crippen LogP contribution is -2.39. The maximum atomic E-state index is 13.7. The van der Waals surface area contributed by atoms with Gasteiger partial charge in [0.25, 0.3) is 0 Å². The van der Waals surface area contributed by atoms with Gasteiger partial charge in [-0.3, -0.25) is 9.47 Å². The highest BCUT2D eigenvalue weighted by atomic mass is 35.5. The molecule has 3 aromatic rings. The molecule has 1 aliphatic heterocycles. The first-order valence-corrected chi connectivity index (χ1v) is 10.9. The highest BCUT2D eigenvalue weighted by Gasteiger charge is 2.22. The molecule has 1 saturated heterocycles. The molecule has 1 aliphatic rings. The van der Waals surface area contributed by atoms with Crippen molar-refractivity contribution in [3.8, 4) is 17.1 Å². The minimum absolute atomic E-state index is 0.0190. The molecule has 1 atom stereocenters. The van der Waals surface area contributed by atoms with Crippen LogP contribution in [0.5, 0.6) is 0 Å². The Bertz CT molecular complexity index is 1150. The van der Waals surface area contributed by atoms with E-state index in [0.29, 0.717) is 45.1 Å². The molecule has 2 aromatic carbocycles. The van der Waals surface area contributed by atoms with Crippen LogP contribution in [0.1, 0.15) is 12.8 Å². The Kier molecular flexibility index (Phi) is 6.48. The SMILES string of the molecule is O[C@@H]1CCCN(Cn2nc(-c3ccc(Cl)cc3Cl)n(-c3ccc(F)c(Cl)c3)c2=S)C1. The number of benzene rings is 2. The third-order valence-corrected chi connectivity index (χ3v) is 6.22. The fourth-order valence-electron chi connectivity index (χ4n) is 3.55. The predicted molar refractivity (Wildman–Crippen MR) is 120 cm³/mol. The molecule has 0 spiro atoms. The molecule has 158 valence electrons. The van der Waals surface area contributed by atoms with Gasteiger partial charge in [0.15, 0.2) is 5.82 Å². The van der Waals surface area contributed by atoms with Gasteiger partial charge in [-0.2, -0.15) is 0 Å². The zero-order valence-electron chi connectivity index (χ0n) is 15.7. The number of hydrogen-bond donors (Lipinski definition) is 1. The minimum atomic E-state index is -0.521. The molecule has 0 radical (unpaired) electrons. The molecule has 30 heavy (non-hydrogen) atoms. The molecule has 1 aromatic heterocycles. The lowest BCUT2D eigenvalue weighted by Gasteiger charge is -2.29. The second-order valence-corrected chi connectivity index (χ2v) is 8.79. The molecular weight excluding hydrogens is 470 g/mol. The van der Waals surface area contributed by atoms with E-state index in [1.54, 1.807) is 33.5 Å². The van der Waals surface area contributed by atoms with Crippen LogP contribution in [0.2, 0.25) is 15.1 Å². The first-order valence-electron chi connectivity index (χ1n) is 9.34. The maximum absolute atomic E-state index is 13.7. The van der Waals surface area contributed by atoms with Crippen molar-refractivity contribution >= 4 is 47.0 Å². The molecule has 5 nitrogen and oxygen atoms in total. The van der Waals surface area contributed by atoms with Crippen LogP contribution in [-0.4, -0.2) is 43.5 Å². The molecular formula is C20H18Cl3FN4OS. The van der Waals surface area contributed by atoms with Crippen LogP contribution in [-0.2, 0) is 6.67 Å². The molecule has 4 rings (SSSR count). The van der Waals surface area contributed by atoms with E-state index in [4.69, 9.17) is 52.1 Å². The molecule has 0 aliphatic carbocycles. The number of halogens is 4. The highest BCUT2D eigenvalue weighted by Crippen LogP contribution is 2.32. The summed E-state index contributed by atoms with van der Waals surface area (Å²) in [6.45, 7) is 1.80. The van der Waals surface area contributed by atoms with Gasteiger partial charge in [-0.15, -0.1) is 5.10 Å². The molecule has 0 unspecified atom stereocenters. The first kappa shape index (κ1) is 21.7. The fourth-order valence-corrected chi connectivity index (χ4v) is 4.51. The summed E-state index contributed by atoms with van der Waals surface area (Å²) in [5.74, 6) is -0.0328. The minimum Gasteiger partial charge on any atom is -0.392 e. The standard InChI is InChI=1S/C20H18Cl3FN4OS/c21-12-3-5-15(16(22)8-12)19-25-27(11-26-7-1-2-14(29)10-26)20(30)28(19)13-4-6-18(24)17(23)9-13/h3-6,8-9,14,29H,1-2,7,10-11H2/t14-/m1/s1. The number of rotatable bonds is 4. The molecule has 1 fully saturated rings. The van der Waals surface area contributed by atoms with Gasteiger partial charge in [0.2, 0.25) is 4.77 Å². The van der Waals surface area contributed by atoms with Crippen LogP contribution >= 0.6 is 47.0 Å². The molecule has 10 heteroatoms. The molecule has 0 amide bonds. The van der Waals surface area contributed by atoms with E-state index in [-0.39, 0.29) is 11.1 Å². The summed E-state index contributed by atoms with van der Waals surface area (Å²) in [7, 11) is 0. The van der Waals surface area contributed by atoms with Gasteiger partial charge in [-0.05, 0) is 61.5 Å². The van der Waals surface area contributed by atoms with Gasteiger partial charge in [-0.1, -0.05) is 34.8 Å². The van der Waals surface area contributed by atoms with Crippen molar-refractivity contribution in [1.82, 2.24) is 19.2 Å². The third-order valence-electron chi connectivity index (χ3n) is 4.99. The molecule has 0 bridgehead atoms. The average molecular weight is 488 g/mol. The summed E-state index contributed by atoms with van der Waals surface area (Å²) in [4.78, 5) is 2.09. The van der Waals surface area contributed by atoms with E-state index in [1.165, 1.54) is 12.1 Å². The van der Waals surface area contributed by atoms with Gasteiger partial charge < -0.3 is 5.11 Å². The summed E-state index contributed by atoms with van der Waals surface area (Å²) < 4.78 is 17.5. The monoisotopic (exact) mass is 486 g/mol. The smallest absolute Gasteiger partial charge is 0.204 e. The number of nitrogens with zero attached hydrogens (tertiary/aromatic N) is 4. The van der Waals surface area contributed by atoms with Crippen molar-refractivity contribution in [2.75, 3.05) is 13.1 Å². The average Bonchev–Trinajstić information content (AvgIpc) is 3.00.